The molecule has 146 valence electrons. The Kier molecular flexibility index (Phi) is 5.30. The highest BCUT2D eigenvalue weighted by Crippen LogP contribution is 2.54. The van der Waals surface area contributed by atoms with Crippen molar-refractivity contribution < 1.29 is 18.0 Å². The van der Waals surface area contributed by atoms with Crippen molar-refractivity contribution in [1.29, 1.82) is 0 Å². The van der Waals surface area contributed by atoms with E-state index < -0.39 is 23.8 Å². The van der Waals surface area contributed by atoms with Gasteiger partial charge in [-0.15, -0.1) is 0 Å². The van der Waals surface area contributed by atoms with Gasteiger partial charge in [-0.3, -0.25) is 0 Å². The zero-order valence-corrected chi connectivity index (χ0v) is 17.2. The number of hydrogen-bond acceptors (Lipinski definition) is 2. The minimum atomic E-state index is -4.82. The van der Waals surface area contributed by atoms with Crippen LogP contribution in [0.3, 0.4) is 0 Å². The maximum absolute atomic E-state index is 14.1. The van der Waals surface area contributed by atoms with E-state index in [0.717, 1.165) is 12.5 Å². The maximum atomic E-state index is 14.1. The van der Waals surface area contributed by atoms with Gasteiger partial charge in [-0.2, -0.15) is 13.2 Å². The molecule has 1 aliphatic carbocycles. The summed E-state index contributed by atoms with van der Waals surface area (Å²) in [5.74, 6) is 0. The Morgan fingerprint density at radius 3 is 2.33 bits per heavy atom. The first-order chi connectivity index (χ1) is 12.4. The lowest BCUT2D eigenvalue weighted by molar-refractivity contribution is -0.275. The normalized spacial score (nSPS) is 24.5. The number of benzene rings is 1. The zero-order chi connectivity index (χ0) is 20.2. The lowest BCUT2D eigenvalue weighted by atomic mass is 9.80. The van der Waals surface area contributed by atoms with Crippen LogP contribution in [0.1, 0.15) is 32.3 Å². The van der Waals surface area contributed by atoms with Gasteiger partial charge in [0.05, 0.1) is 32.2 Å². The molecule has 2 aliphatic rings. The molecule has 1 unspecified atom stereocenters. The van der Waals surface area contributed by atoms with Gasteiger partial charge < -0.3 is 4.84 Å². The van der Waals surface area contributed by atoms with Crippen molar-refractivity contribution in [3.8, 4) is 0 Å². The predicted octanol–water partition coefficient (Wildman–Crippen LogP) is 7.75. The Morgan fingerprint density at radius 2 is 1.74 bits per heavy atom. The third-order valence-corrected chi connectivity index (χ3v) is 6.30. The van der Waals surface area contributed by atoms with Crippen molar-refractivity contribution in [3.05, 3.63) is 55.5 Å². The lowest BCUT2D eigenvalue weighted by Gasteiger charge is -2.31. The van der Waals surface area contributed by atoms with Gasteiger partial charge in [0.2, 0.25) is 0 Å². The monoisotopic (exact) mass is 457 g/mol. The van der Waals surface area contributed by atoms with Gasteiger partial charge in [-0.25, -0.2) is 0 Å². The zero-order valence-electron chi connectivity index (χ0n) is 14.2. The van der Waals surface area contributed by atoms with E-state index in [4.69, 9.17) is 51.2 Å². The van der Waals surface area contributed by atoms with Crippen LogP contribution in [0.5, 0.6) is 0 Å². The first-order valence-corrected chi connectivity index (χ1v) is 9.44. The molecule has 2 nitrogen and oxygen atoms in total. The smallest absolute Gasteiger partial charge is 0.374 e. The summed E-state index contributed by atoms with van der Waals surface area (Å²) in [6.45, 7) is 3.97. The van der Waals surface area contributed by atoms with Crippen LogP contribution in [0.2, 0.25) is 20.1 Å². The minimum absolute atomic E-state index is 0.122. The van der Waals surface area contributed by atoms with E-state index in [-0.39, 0.29) is 31.2 Å². The fourth-order valence-corrected chi connectivity index (χ4v) is 4.06. The molecule has 0 N–H and O–H groups in total. The molecule has 0 fully saturated rings. The molecule has 0 spiro atoms. The second-order valence-corrected chi connectivity index (χ2v) is 8.71. The van der Waals surface area contributed by atoms with Crippen molar-refractivity contribution in [1.82, 2.24) is 0 Å². The molecule has 0 saturated heterocycles. The Balaban J connectivity index is 2.10. The molecule has 0 radical (unpaired) electrons. The second-order valence-electron chi connectivity index (χ2n) is 7.17. The van der Waals surface area contributed by atoms with E-state index in [2.05, 4.69) is 5.16 Å². The molecule has 1 aromatic rings. The molecule has 0 bridgehead atoms. The van der Waals surface area contributed by atoms with Crippen molar-refractivity contribution >= 4 is 52.1 Å². The number of allylic oxidation sites excluding steroid dienone is 4. The van der Waals surface area contributed by atoms with Crippen LogP contribution in [-0.2, 0) is 10.4 Å². The van der Waals surface area contributed by atoms with Crippen molar-refractivity contribution in [3.63, 3.8) is 0 Å². The highest BCUT2D eigenvalue weighted by atomic mass is 35.5. The standard InChI is InChI=1S/C18H14Cl4F3NO/c1-16(2)5-3-4-9(7-16)12-8-17(27-26-12,18(23,24)25)10-6-11(19)14(21)15(22)13(10)20/h3-4,6-7H,5,8H2,1-2H3. The van der Waals surface area contributed by atoms with Gasteiger partial charge in [-0.05, 0) is 23.5 Å². The average molecular weight is 459 g/mol. The largest absolute Gasteiger partial charge is 0.435 e. The summed E-state index contributed by atoms with van der Waals surface area (Å²) in [5.41, 5.74) is -2.66. The van der Waals surface area contributed by atoms with E-state index in [1.165, 1.54) is 0 Å². The van der Waals surface area contributed by atoms with Crippen LogP contribution in [0.15, 0.2) is 35.0 Å². The number of rotatable bonds is 2. The molecule has 1 heterocycles. The van der Waals surface area contributed by atoms with E-state index >= 15 is 0 Å². The average Bonchev–Trinajstić information content (AvgIpc) is 3.02. The number of alkyl halides is 3. The van der Waals surface area contributed by atoms with Crippen LogP contribution in [0.4, 0.5) is 13.2 Å². The molecule has 1 aromatic carbocycles. The molecule has 1 aliphatic heterocycles. The summed E-state index contributed by atoms with van der Waals surface area (Å²) >= 11 is 23.9. The third kappa shape index (κ3) is 3.59. The Hall–Kier alpha value is -0.880. The van der Waals surface area contributed by atoms with Crippen molar-refractivity contribution in [2.45, 2.75) is 38.5 Å². The van der Waals surface area contributed by atoms with Gasteiger partial charge in [0.25, 0.3) is 5.60 Å². The van der Waals surface area contributed by atoms with Crippen LogP contribution in [0.25, 0.3) is 0 Å². The van der Waals surface area contributed by atoms with E-state index in [1.54, 1.807) is 6.08 Å². The van der Waals surface area contributed by atoms with Crippen LogP contribution < -0.4 is 0 Å². The fraction of sp³-hybridized carbons (Fsp3) is 0.389. The SMILES string of the molecule is CC1(C)C=C(C2=NOC(c3cc(Cl)c(Cl)c(Cl)c3Cl)(C(F)(F)F)C2)C=CC1. The highest BCUT2D eigenvalue weighted by Gasteiger charge is 2.63. The molecule has 0 saturated carbocycles. The van der Waals surface area contributed by atoms with Crippen LogP contribution in [-0.4, -0.2) is 11.9 Å². The predicted molar refractivity (Wildman–Crippen MR) is 103 cm³/mol. The van der Waals surface area contributed by atoms with Crippen LogP contribution in [0, 0.1) is 5.41 Å². The van der Waals surface area contributed by atoms with Crippen LogP contribution >= 0.6 is 46.4 Å². The van der Waals surface area contributed by atoms with Gasteiger partial charge in [0.15, 0.2) is 0 Å². The summed E-state index contributed by atoms with van der Waals surface area (Å²) in [4.78, 5) is 5.00. The van der Waals surface area contributed by atoms with Gasteiger partial charge >= 0.3 is 6.18 Å². The summed E-state index contributed by atoms with van der Waals surface area (Å²) in [5, 5.41) is 2.84. The molecule has 9 heteroatoms. The van der Waals surface area contributed by atoms with Gasteiger partial charge in [-0.1, -0.05) is 83.6 Å². The minimum Gasteiger partial charge on any atom is -0.374 e. The van der Waals surface area contributed by atoms with Crippen molar-refractivity contribution in [2.24, 2.45) is 10.6 Å². The molecule has 0 amide bonds. The quantitative estimate of drug-likeness (QED) is 0.328. The summed E-state index contributed by atoms with van der Waals surface area (Å²) in [6, 6.07) is 1.03. The molecule has 27 heavy (non-hydrogen) atoms. The molecular weight excluding hydrogens is 445 g/mol. The fourth-order valence-electron chi connectivity index (χ4n) is 3.10. The number of oxime groups is 1. The number of halogens is 7. The topological polar surface area (TPSA) is 21.6 Å². The summed E-state index contributed by atoms with van der Waals surface area (Å²) in [7, 11) is 0. The Morgan fingerprint density at radius 1 is 1.07 bits per heavy atom. The van der Waals surface area contributed by atoms with E-state index in [1.807, 2.05) is 26.0 Å². The first-order valence-electron chi connectivity index (χ1n) is 7.93. The Bertz CT molecular complexity index is 890. The van der Waals surface area contributed by atoms with E-state index in [9.17, 15) is 13.2 Å². The van der Waals surface area contributed by atoms with Gasteiger partial charge in [0, 0.05) is 5.56 Å². The molecule has 1 atom stereocenters. The highest BCUT2D eigenvalue weighted by molar-refractivity contribution is 6.52. The van der Waals surface area contributed by atoms with Crippen molar-refractivity contribution in [2.75, 3.05) is 0 Å². The third-order valence-electron chi connectivity index (χ3n) is 4.54. The maximum Gasteiger partial charge on any atom is 0.435 e. The molecule has 0 aromatic heterocycles. The summed E-state index contributed by atoms with van der Waals surface area (Å²) in [6.07, 6.45) is 0.916. The van der Waals surface area contributed by atoms with Gasteiger partial charge in [0.1, 0.15) is 0 Å². The lowest BCUT2D eigenvalue weighted by Crippen LogP contribution is -2.43. The first kappa shape index (κ1) is 20.8. The summed E-state index contributed by atoms with van der Waals surface area (Å²) < 4.78 is 42.4. The number of nitrogens with zero attached hydrogens (tertiary/aromatic N) is 1. The number of hydrogen-bond donors (Lipinski definition) is 0. The molecular formula is C18H14Cl4F3NO. The second kappa shape index (κ2) is 6.87. The Labute approximate surface area is 174 Å². The molecule has 3 rings (SSSR count). The van der Waals surface area contributed by atoms with E-state index in [0.29, 0.717) is 5.57 Å².